The van der Waals surface area contributed by atoms with E-state index in [1.165, 1.54) is 6.08 Å². The van der Waals surface area contributed by atoms with Gasteiger partial charge in [0.15, 0.2) is 5.78 Å². The van der Waals surface area contributed by atoms with E-state index in [1.54, 1.807) is 37.5 Å². The minimum Gasteiger partial charge on any atom is -0.497 e. The molecule has 5 heteroatoms. The Morgan fingerprint density at radius 3 is 2.56 bits per heavy atom. The fourth-order valence-electron chi connectivity index (χ4n) is 2.35. The van der Waals surface area contributed by atoms with Crippen LogP contribution in [0.25, 0.3) is 6.08 Å². The maximum absolute atomic E-state index is 12.4. The van der Waals surface area contributed by atoms with Gasteiger partial charge in [-0.3, -0.25) is 4.79 Å². The van der Waals surface area contributed by atoms with Gasteiger partial charge in [-0.25, -0.2) is 0 Å². The predicted molar refractivity (Wildman–Crippen MR) is 107 cm³/mol. The fraction of sp³-hybridized carbons (Fsp3) is 0.318. The summed E-state index contributed by atoms with van der Waals surface area (Å²) < 4.78 is 10.7. The number of carbonyl (C=O) groups excluding carboxylic acids is 1. The molecular weight excluding hydrogens is 342 g/mol. The summed E-state index contributed by atoms with van der Waals surface area (Å²) in [5.41, 5.74) is 1.45. The number of hydrogen-bond donors (Lipinski definition) is 2. The van der Waals surface area contributed by atoms with Crippen LogP contribution >= 0.6 is 0 Å². The van der Waals surface area contributed by atoms with E-state index in [0.717, 1.165) is 11.3 Å². The summed E-state index contributed by atoms with van der Waals surface area (Å²) in [6.45, 7) is 4.66. The Balaban J connectivity index is 1.92. The Kier molecular flexibility index (Phi) is 8.04. The predicted octanol–water partition coefficient (Wildman–Crippen LogP) is 3.33. The monoisotopic (exact) mass is 369 g/mol. The van der Waals surface area contributed by atoms with E-state index in [4.69, 9.17) is 9.47 Å². The number of rotatable bonds is 10. The lowest BCUT2D eigenvalue weighted by molar-refractivity contribution is 0.103. The highest BCUT2D eigenvalue weighted by Crippen LogP contribution is 2.16. The molecule has 0 fully saturated rings. The Morgan fingerprint density at radius 2 is 1.89 bits per heavy atom. The molecule has 27 heavy (non-hydrogen) atoms. The maximum Gasteiger partial charge on any atom is 0.185 e. The van der Waals surface area contributed by atoms with E-state index >= 15 is 0 Å². The topological polar surface area (TPSA) is 67.8 Å². The van der Waals surface area contributed by atoms with Crippen molar-refractivity contribution < 1.29 is 19.4 Å². The molecule has 1 unspecified atom stereocenters. The molecule has 2 aromatic carbocycles. The maximum atomic E-state index is 12.4. The highest BCUT2D eigenvalue weighted by Gasteiger charge is 2.08. The molecule has 2 aromatic rings. The molecule has 0 aliphatic heterocycles. The zero-order valence-corrected chi connectivity index (χ0v) is 16.0. The lowest BCUT2D eigenvalue weighted by Gasteiger charge is -2.15. The first-order chi connectivity index (χ1) is 13.0. The third-order valence-electron chi connectivity index (χ3n) is 3.87. The van der Waals surface area contributed by atoms with E-state index in [-0.39, 0.29) is 12.4 Å². The van der Waals surface area contributed by atoms with Gasteiger partial charge in [0.05, 0.1) is 7.11 Å². The average molecular weight is 369 g/mol. The number of carbonyl (C=O) groups is 1. The largest absolute Gasteiger partial charge is 0.497 e. The van der Waals surface area contributed by atoms with E-state index in [2.05, 4.69) is 5.32 Å². The standard InChI is InChI=1S/C22H27NO4/c1-16(2)23-14-19(24)15-27-21-6-4-5-18(13-21)22(25)12-9-17-7-10-20(26-3)11-8-17/h4-13,16,19,23-24H,14-15H2,1-3H3. The molecule has 0 aromatic heterocycles. The first-order valence-corrected chi connectivity index (χ1v) is 8.98. The van der Waals surface area contributed by atoms with Gasteiger partial charge in [0, 0.05) is 18.2 Å². The van der Waals surface area contributed by atoms with Gasteiger partial charge in [0.25, 0.3) is 0 Å². The van der Waals surface area contributed by atoms with Crippen LogP contribution in [0.3, 0.4) is 0 Å². The molecule has 0 aliphatic carbocycles. The van der Waals surface area contributed by atoms with E-state index in [0.29, 0.717) is 23.9 Å². The molecule has 144 valence electrons. The summed E-state index contributed by atoms with van der Waals surface area (Å²) in [6.07, 6.45) is 2.68. The molecule has 0 saturated heterocycles. The van der Waals surface area contributed by atoms with E-state index < -0.39 is 6.10 Å². The molecule has 0 radical (unpaired) electrons. The minimum absolute atomic E-state index is 0.113. The number of allylic oxidation sites excluding steroid dienone is 1. The molecule has 0 spiro atoms. The van der Waals surface area contributed by atoms with Crippen molar-refractivity contribution in [2.75, 3.05) is 20.3 Å². The van der Waals surface area contributed by atoms with Gasteiger partial charge in [-0.15, -0.1) is 0 Å². The summed E-state index contributed by atoms with van der Waals surface area (Å²) in [7, 11) is 1.61. The normalized spacial score (nSPS) is 12.3. The van der Waals surface area contributed by atoms with Crippen LogP contribution < -0.4 is 14.8 Å². The van der Waals surface area contributed by atoms with Gasteiger partial charge in [0.2, 0.25) is 0 Å². The average Bonchev–Trinajstić information content (AvgIpc) is 2.69. The summed E-state index contributed by atoms with van der Waals surface area (Å²) in [5, 5.41) is 13.1. The zero-order valence-electron chi connectivity index (χ0n) is 16.0. The van der Waals surface area contributed by atoms with Crippen LogP contribution in [0, 0.1) is 0 Å². The quantitative estimate of drug-likeness (QED) is 0.497. The molecule has 2 N–H and O–H groups in total. The van der Waals surface area contributed by atoms with Crippen LogP contribution in [-0.4, -0.2) is 43.3 Å². The Hall–Kier alpha value is -2.63. The molecule has 5 nitrogen and oxygen atoms in total. The van der Waals surface area contributed by atoms with Crippen LogP contribution in [0.2, 0.25) is 0 Å². The second kappa shape index (κ2) is 10.5. The van der Waals surface area contributed by atoms with Gasteiger partial charge in [-0.05, 0) is 35.9 Å². The van der Waals surface area contributed by atoms with Crippen molar-refractivity contribution in [1.29, 1.82) is 0 Å². The van der Waals surface area contributed by atoms with Gasteiger partial charge in [-0.1, -0.05) is 44.2 Å². The van der Waals surface area contributed by atoms with E-state index in [1.807, 2.05) is 38.1 Å². The lowest BCUT2D eigenvalue weighted by Crippen LogP contribution is -2.35. The Labute approximate surface area is 160 Å². The van der Waals surface area contributed by atoms with Crippen LogP contribution in [0.4, 0.5) is 0 Å². The highest BCUT2D eigenvalue weighted by atomic mass is 16.5. The number of methoxy groups -OCH3 is 1. The van der Waals surface area contributed by atoms with Gasteiger partial charge < -0.3 is 19.9 Å². The second-order valence-corrected chi connectivity index (χ2v) is 6.53. The molecule has 0 amide bonds. The number of hydrogen-bond acceptors (Lipinski definition) is 5. The van der Waals surface area contributed by atoms with Crippen LogP contribution in [0.5, 0.6) is 11.5 Å². The van der Waals surface area contributed by atoms with Crippen molar-refractivity contribution >= 4 is 11.9 Å². The number of nitrogens with one attached hydrogen (secondary N) is 1. The van der Waals surface area contributed by atoms with Gasteiger partial charge in [0.1, 0.15) is 24.2 Å². The SMILES string of the molecule is COc1ccc(C=CC(=O)c2cccc(OCC(O)CNC(C)C)c2)cc1. The number of aliphatic hydroxyl groups excluding tert-OH is 1. The van der Waals surface area contributed by atoms with Crippen molar-refractivity contribution in [1.82, 2.24) is 5.32 Å². The Bertz CT molecular complexity index is 753. The molecule has 2 rings (SSSR count). The van der Waals surface area contributed by atoms with Crippen molar-refractivity contribution in [2.45, 2.75) is 26.0 Å². The zero-order chi connectivity index (χ0) is 19.6. The first-order valence-electron chi connectivity index (χ1n) is 8.98. The number of aliphatic hydroxyl groups is 1. The molecule has 0 bridgehead atoms. The van der Waals surface area contributed by atoms with Crippen molar-refractivity contribution in [3.05, 3.63) is 65.7 Å². The van der Waals surface area contributed by atoms with Crippen molar-refractivity contribution in [2.24, 2.45) is 0 Å². The lowest BCUT2D eigenvalue weighted by atomic mass is 10.1. The molecule has 0 saturated carbocycles. The Morgan fingerprint density at radius 1 is 1.15 bits per heavy atom. The number of ketones is 1. The summed E-state index contributed by atoms with van der Waals surface area (Å²) in [5.74, 6) is 1.22. The molecular formula is C22H27NO4. The van der Waals surface area contributed by atoms with Gasteiger partial charge in [-0.2, -0.15) is 0 Å². The summed E-state index contributed by atoms with van der Waals surface area (Å²) in [4.78, 5) is 12.4. The fourth-order valence-corrected chi connectivity index (χ4v) is 2.35. The third-order valence-corrected chi connectivity index (χ3v) is 3.87. The minimum atomic E-state index is -0.610. The number of ether oxygens (including phenoxy) is 2. The van der Waals surface area contributed by atoms with Crippen LogP contribution in [0.1, 0.15) is 29.8 Å². The third kappa shape index (κ3) is 7.25. The number of benzene rings is 2. The molecule has 1 atom stereocenters. The van der Waals surface area contributed by atoms with Crippen LogP contribution in [0.15, 0.2) is 54.6 Å². The molecule has 0 aliphatic rings. The highest BCUT2D eigenvalue weighted by molar-refractivity contribution is 6.07. The first kappa shape index (κ1) is 20.7. The smallest absolute Gasteiger partial charge is 0.185 e. The summed E-state index contributed by atoms with van der Waals surface area (Å²) in [6, 6.07) is 14.7. The van der Waals surface area contributed by atoms with E-state index in [9.17, 15) is 9.90 Å². The second-order valence-electron chi connectivity index (χ2n) is 6.53. The van der Waals surface area contributed by atoms with Gasteiger partial charge >= 0.3 is 0 Å². The summed E-state index contributed by atoms with van der Waals surface area (Å²) >= 11 is 0. The van der Waals surface area contributed by atoms with Crippen molar-refractivity contribution in [3.63, 3.8) is 0 Å². The van der Waals surface area contributed by atoms with Crippen molar-refractivity contribution in [3.8, 4) is 11.5 Å². The van der Waals surface area contributed by atoms with Crippen LogP contribution in [-0.2, 0) is 0 Å². The molecule has 0 heterocycles.